The molecule has 1 unspecified atom stereocenters. The fraction of sp³-hybridized carbons (Fsp3) is 0.350. The highest BCUT2D eigenvalue weighted by atomic mass is 16.5. The number of carbonyl (C=O) groups is 1. The van der Waals surface area contributed by atoms with Crippen LogP contribution in [0.3, 0.4) is 0 Å². The number of hydrogen-bond acceptors (Lipinski definition) is 6. The first-order chi connectivity index (χ1) is 13.5. The molecule has 0 saturated heterocycles. The number of aryl methyl sites for hydroxylation is 1. The summed E-state index contributed by atoms with van der Waals surface area (Å²) in [5.74, 6) is 0.0562. The van der Waals surface area contributed by atoms with Gasteiger partial charge in [0.25, 0.3) is 5.52 Å². The molecule has 8 heteroatoms. The Morgan fingerprint density at radius 3 is 2.71 bits per heavy atom. The molecule has 0 saturated carbocycles. The molecule has 8 nitrogen and oxygen atoms in total. The van der Waals surface area contributed by atoms with Crippen molar-refractivity contribution in [3.8, 4) is 11.5 Å². The van der Waals surface area contributed by atoms with Crippen LogP contribution in [0.2, 0.25) is 0 Å². The minimum Gasteiger partial charge on any atom is -0.805 e. The van der Waals surface area contributed by atoms with Crippen LogP contribution in [0.25, 0.3) is 22.1 Å². The van der Waals surface area contributed by atoms with Crippen molar-refractivity contribution in [2.75, 3.05) is 21.3 Å². The Bertz CT molecular complexity index is 1170. The third kappa shape index (κ3) is 2.48. The molecule has 1 aromatic heterocycles. The van der Waals surface area contributed by atoms with Crippen LogP contribution in [0.5, 0.6) is 11.5 Å². The van der Waals surface area contributed by atoms with Gasteiger partial charge in [-0.1, -0.05) is 6.07 Å². The number of esters is 1. The van der Waals surface area contributed by atoms with Gasteiger partial charge in [0.05, 0.1) is 31.7 Å². The molecule has 1 aliphatic rings. The van der Waals surface area contributed by atoms with Gasteiger partial charge in [-0.3, -0.25) is 4.79 Å². The molecule has 0 spiro atoms. The van der Waals surface area contributed by atoms with Crippen molar-refractivity contribution >= 4 is 28.0 Å². The first kappa shape index (κ1) is 18.1. The molecule has 0 amide bonds. The molecule has 146 valence electrons. The number of benzene rings is 2. The fourth-order valence-corrected chi connectivity index (χ4v) is 4.07. The minimum absolute atomic E-state index is 0.141. The molecule has 4 rings (SSSR count). The zero-order valence-electron chi connectivity index (χ0n) is 15.9. The first-order valence-corrected chi connectivity index (χ1v) is 8.93. The number of fused-ring (bicyclic) bond motifs is 3. The molecule has 0 fully saturated rings. The maximum absolute atomic E-state index is 13.2. The van der Waals surface area contributed by atoms with Crippen molar-refractivity contribution in [2.24, 2.45) is 5.92 Å². The predicted octanol–water partition coefficient (Wildman–Crippen LogP) is 2.35. The maximum Gasteiger partial charge on any atom is 0.328 e. The van der Waals surface area contributed by atoms with Gasteiger partial charge in [-0.2, -0.15) is 0 Å². The van der Waals surface area contributed by atoms with E-state index >= 15 is 0 Å². The lowest BCUT2D eigenvalue weighted by molar-refractivity contribution is -0.433. The summed E-state index contributed by atoms with van der Waals surface area (Å²) in [6, 6.07) is 6.57. The van der Waals surface area contributed by atoms with Crippen molar-refractivity contribution in [2.45, 2.75) is 19.3 Å². The number of ether oxygens (including phenoxy) is 3. The highest BCUT2D eigenvalue weighted by molar-refractivity contribution is 5.91. The molecule has 0 N–H and O–H groups in total. The van der Waals surface area contributed by atoms with Crippen LogP contribution in [-0.4, -0.2) is 32.0 Å². The van der Waals surface area contributed by atoms with Crippen LogP contribution in [0.4, 0.5) is 0 Å². The van der Waals surface area contributed by atoms with Crippen LogP contribution in [-0.2, 0) is 22.4 Å². The summed E-state index contributed by atoms with van der Waals surface area (Å²) in [6.45, 7) is 0. The van der Waals surface area contributed by atoms with E-state index in [1.54, 1.807) is 24.3 Å². The zero-order valence-corrected chi connectivity index (χ0v) is 15.9. The fourth-order valence-electron chi connectivity index (χ4n) is 4.07. The predicted molar refractivity (Wildman–Crippen MR) is 102 cm³/mol. The number of rotatable bonds is 3. The van der Waals surface area contributed by atoms with E-state index < -0.39 is 0 Å². The minimum atomic E-state index is -0.302. The Balaban J connectivity index is 2.08. The molecular weight excluding hydrogens is 364 g/mol. The average Bonchev–Trinajstić information content (AvgIpc) is 2.74. The standard InChI is InChI=1S/C20H20N2O6/c1-26-16-6-4-5-14-17(16)22(25)15-10-11-7-8-12(20(23)28-3)9-13(11)19(27-2)18(15)21(14)24/h4-6,10,12H,7-9H2,1-3H3. The smallest absolute Gasteiger partial charge is 0.328 e. The van der Waals surface area contributed by atoms with Crippen LogP contribution < -0.4 is 13.9 Å². The van der Waals surface area contributed by atoms with Gasteiger partial charge < -0.3 is 24.1 Å². The number of methoxy groups -OCH3 is 3. The lowest BCUT2D eigenvalue weighted by Gasteiger charge is -2.25. The summed E-state index contributed by atoms with van der Waals surface area (Å²) < 4.78 is 17.1. The summed E-state index contributed by atoms with van der Waals surface area (Å²) in [4.78, 5) is 25.2. The molecule has 1 atom stereocenters. The van der Waals surface area contributed by atoms with Gasteiger partial charge in [-0.05, 0) is 37.0 Å². The molecule has 1 heterocycles. The summed E-state index contributed by atoms with van der Waals surface area (Å²) in [5.41, 5.74) is 2.35. The molecule has 28 heavy (non-hydrogen) atoms. The van der Waals surface area contributed by atoms with Gasteiger partial charge in [-0.15, -0.1) is 0 Å². The van der Waals surface area contributed by atoms with Crippen LogP contribution in [0, 0.1) is 16.0 Å². The third-order valence-electron chi connectivity index (χ3n) is 5.42. The summed E-state index contributed by atoms with van der Waals surface area (Å²) in [7, 11) is 4.27. The second kappa shape index (κ2) is 6.70. The lowest BCUT2D eigenvalue weighted by Crippen LogP contribution is -2.26. The second-order valence-corrected chi connectivity index (χ2v) is 6.79. The van der Waals surface area contributed by atoms with Gasteiger partial charge in [0.1, 0.15) is 11.3 Å². The van der Waals surface area contributed by atoms with Crippen LogP contribution >= 0.6 is 0 Å². The van der Waals surface area contributed by atoms with Gasteiger partial charge in [-0.25, -0.2) is 0 Å². The zero-order chi connectivity index (χ0) is 20.0. The maximum atomic E-state index is 13.2. The van der Waals surface area contributed by atoms with Crippen molar-refractivity contribution < 1.29 is 23.4 Å². The van der Waals surface area contributed by atoms with E-state index in [0.717, 1.165) is 11.1 Å². The van der Waals surface area contributed by atoms with Crippen LogP contribution in [0.15, 0.2) is 24.3 Å². The Hall–Kier alpha value is -3.29. The molecule has 0 radical (unpaired) electrons. The number of carbonyl (C=O) groups excluding carboxylic acids is 1. The van der Waals surface area contributed by atoms with Gasteiger partial charge in [0.15, 0.2) is 5.52 Å². The summed E-state index contributed by atoms with van der Waals surface area (Å²) in [6.07, 6.45) is 1.60. The monoisotopic (exact) mass is 384 g/mol. The average molecular weight is 384 g/mol. The molecular formula is C20H20N2O6. The van der Waals surface area contributed by atoms with E-state index in [1.807, 2.05) is 0 Å². The molecule has 3 aromatic rings. The van der Waals surface area contributed by atoms with E-state index in [2.05, 4.69) is 0 Å². The van der Waals surface area contributed by atoms with Gasteiger partial charge in [0.2, 0.25) is 5.75 Å². The lowest BCUT2D eigenvalue weighted by atomic mass is 9.83. The normalized spacial score (nSPS) is 16.0. The van der Waals surface area contributed by atoms with E-state index in [4.69, 9.17) is 14.2 Å². The molecule has 1 aliphatic carbocycles. The largest absolute Gasteiger partial charge is 0.805 e. The third-order valence-corrected chi connectivity index (χ3v) is 5.42. The number of nitrogens with zero attached hydrogens (tertiary/aromatic N) is 2. The van der Waals surface area contributed by atoms with Gasteiger partial charge >= 0.3 is 11.5 Å². The SMILES string of the molecule is COC(=O)C1CCc2cc3c(c(OC)c2C1)[n+](=O)c1cccc(OC)c1n3[O-]. The highest BCUT2D eigenvalue weighted by Gasteiger charge is 2.32. The van der Waals surface area contributed by atoms with E-state index in [1.165, 1.54) is 21.3 Å². The van der Waals surface area contributed by atoms with Crippen molar-refractivity contribution in [3.63, 3.8) is 0 Å². The second-order valence-electron chi connectivity index (χ2n) is 6.79. The topological polar surface area (TPSA) is 95.7 Å². The Labute approximate surface area is 160 Å². The van der Waals surface area contributed by atoms with Crippen LogP contribution in [0.1, 0.15) is 17.5 Å². The highest BCUT2D eigenvalue weighted by Crippen LogP contribution is 2.38. The summed E-state index contributed by atoms with van der Waals surface area (Å²) >= 11 is 0. The Kier molecular flexibility index (Phi) is 4.33. The molecule has 0 aliphatic heterocycles. The van der Waals surface area contributed by atoms with Crippen molar-refractivity contribution in [1.82, 2.24) is 4.73 Å². The number of para-hydroxylation sites is 1. The van der Waals surface area contributed by atoms with E-state index in [-0.39, 0.29) is 34.0 Å². The van der Waals surface area contributed by atoms with Gasteiger partial charge in [0, 0.05) is 16.5 Å². The van der Waals surface area contributed by atoms with E-state index in [9.17, 15) is 14.9 Å². The van der Waals surface area contributed by atoms with Crippen molar-refractivity contribution in [3.05, 3.63) is 45.5 Å². The van der Waals surface area contributed by atoms with Crippen molar-refractivity contribution in [1.29, 1.82) is 0 Å². The molecule has 2 aromatic carbocycles. The van der Waals surface area contributed by atoms with E-state index in [0.29, 0.717) is 39.9 Å². The molecule has 0 bridgehead atoms. The first-order valence-electron chi connectivity index (χ1n) is 8.93. The quantitative estimate of drug-likeness (QED) is 0.391. The summed E-state index contributed by atoms with van der Waals surface area (Å²) in [5, 5.41) is 13.1. The number of hydrogen-bond donors (Lipinski definition) is 0. The number of aromatic nitrogens is 2. The Morgan fingerprint density at radius 1 is 1.25 bits per heavy atom. The Morgan fingerprint density at radius 2 is 2.04 bits per heavy atom.